The molecular formula is C13H14F2O2. The molecule has 1 aliphatic rings. The molecule has 1 fully saturated rings. The second-order valence-corrected chi connectivity index (χ2v) is 4.20. The van der Waals surface area contributed by atoms with Crippen molar-refractivity contribution < 1.29 is 18.3 Å². The maximum absolute atomic E-state index is 13.5. The van der Waals surface area contributed by atoms with Gasteiger partial charge in [-0.25, -0.2) is 8.78 Å². The van der Waals surface area contributed by atoms with E-state index in [9.17, 15) is 13.6 Å². The Morgan fingerprint density at radius 2 is 2.24 bits per heavy atom. The third-order valence-corrected chi connectivity index (χ3v) is 3.15. The predicted octanol–water partition coefficient (Wildman–Crippen LogP) is 2.96. The fourth-order valence-electron chi connectivity index (χ4n) is 2.24. The number of halogens is 2. The van der Waals surface area contributed by atoms with Gasteiger partial charge in [-0.2, -0.15) is 0 Å². The molecule has 1 aromatic carbocycles. The highest BCUT2D eigenvalue weighted by molar-refractivity contribution is 5.98. The van der Waals surface area contributed by atoms with Crippen LogP contribution in [0.1, 0.15) is 30.1 Å². The first-order valence-corrected chi connectivity index (χ1v) is 5.74. The Labute approximate surface area is 98.6 Å². The highest BCUT2D eigenvalue weighted by Crippen LogP contribution is 2.27. The van der Waals surface area contributed by atoms with Crippen LogP contribution in [0.3, 0.4) is 0 Å². The first kappa shape index (κ1) is 12.2. The largest absolute Gasteiger partial charge is 0.377 e. The molecule has 0 amide bonds. The standard InChI is InChI=1S/C13H14F2O2/c1-2-12-10(5-6-17-12)13(16)9-4-3-8(14)7-11(9)15/h3-4,7,10,12H,2,5-6H2,1H3. The lowest BCUT2D eigenvalue weighted by atomic mass is 9.90. The van der Waals surface area contributed by atoms with Gasteiger partial charge in [-0.15, -0.1) is 0 Å². The molecule has 0 aliphatic carbocycles. The second-order valence-electron chi connectivity index (χ2n) is 4.20. The van der Waals surface area contributed by atoms with E-state index in [0.717, 1.165) is 18.6 Å². The molecule has 0 spiro atoms. The summed E-state index contributed by atoms with van der Waals surface area (Å²) >= 11 is 0. The third kappa shape index (κ3) is 2.36. The van der Waals surface area contributed by atoms with Crippen molar-refractivity contribution in [2.45, 2.75) is 25.9 Å². The Bertz CT molecular complexity index is 431. The second kappa shape index (κ2) is 4.92. The van der Waals surface area contributed by atoms with Crippen LogP contribution >= 0.6 is 0 Å². The molecule has 1 heterocycles. The molecule has 2 nitrogen and oxygen atoms in total. The number of hydrogen-bond donors (Lipinski definition) is 0. The van der Waals surface area contributed by atoms with Gasteiger partial charge in [0.2, 0.25) is 0 Å². The van der Waals surface area contributed by atoms with Gasteiger partial charge >= 0.3 is 0 Å². The minimum Gasteiger partial charge on any atom is -0.377 e. The smallest absolute Gasteiger partial charge is 0.171 e. The van der Waals surface area contributed by atoms with E-state index < -0.39 is 11.6 Å². The van der Waals surface area contributed by atoms with Crippen molar-refractivity contribution >= 4 is 5.78 Å². The highest BCUT2D eigenvalue weighted by Gasteiger charge is 2.34. The summed E-state index contributed by atoms with van der Waals surface area (Å²) in [6.07, 6.45) is 1.18. The summed E-state index contributed by atoms with van der Waals surface area (Å²) in [7, 11) is 0. The van der Waals surface area contributed by atoms with E-state index in [2.05, 4.69) is 0 Å². The molecule has 2 rings (SSSR count). The summed E-state index contributed by atoms with van der Waals surface area (Å²) < 4.78 is 31.6. The summed E-state index contributed by atoms with van der Waals surface area (Å²) in [4.78, 5) is 12.1. The average molecular weight is 240 g/mol. The van der Waals surface area contributed by atoms with Gasteiger partial charge < -0.3 is 4.74 Å². The van der Waals surface area contributed by atoms with Crippen LogP contribution < -0.4 is 0 Å². The van der Waals surface area contributed by atoms with E-state index in [-0.39, 0.29) is 23.4 Å². The Hall–Kier alpha value is -1.29. The molecule has 1 aromatic rings. The minimum absolute atomic E-state index is 0.0413. The van der Waals surface area contributed by atoms with Gasteiger partial charge in [0.1, 0.15) is 11.6 Å². The van der Waals surface area contributed by atoms with Gasteiger partial charge in [-0.3, -0.25) is 4.79 Å². The van der Waals surface area contributed by atoms with E-state index in [0.29, 0.717) is 13.0 Å². The summed E-state index contributed by atoms with van der Waals surface area (Å²) in [5, 5.41) is 0. The van der Waals surface area contributed by atoms with E-state index in [1.165, 1.54) is 6.07 Å². The lowest BCUT2D eigenvalue weighted by molar-refractivity contribution is 0.0686. The number of carbonyl (C=O) groups is 1. The van der Waals surface area contributed by atoms with Gasteiger partial charge in [0.15, 0.2) is 5.78 Å². The molecule has 0 bridgehead atoms. The zero-order chi connectivity index (χ0) is 12.4. The van der Waals surface area contributed by atoms with Gasteiger partial charge in [-0.1, -0.05) is 6.92 Å². The first-order valence-electron chi connectivity index (χ1n) is 5.74. The Morgan fingerprint density at radius 3 is 2.88 bits per heavy atom. The lowest BCUT2D eigenvalue weighted by Crippen LogP contribution is -2.24. The molecule has 2 atom stereocenters. The highest BCUT2D eigenvalue weighted by atomic mass is 19.1. The maximum atomic E-state index is 13.5. The summed E-state index contributed by atoms with van der Waals surface area (Å²) in [5.74, 6) is -2.06. The quantitative estimate of drug-likeness (QED) is 0.759. The van der Waals surface area contributed by atoms with Crippen LogP contribution in [0.5, 0.6) is 0 Å². The number of rotatable bonds is 3. The molecule has 1 aliphatic heterocycles. The minimum atomic E-state index is -0.795. The lowest BCUT2D eigenvalue weighted by Gasteiger charge is -2.15. The van der Waals surface area contributed by atoms with Crippen molar-refractivity contribution in [1.82, 2.24) is 0 Å². The Morgan fingerprint density at radius 1 is 1.47 bits per heavy atom. The maximum Gasteiger partial charge on any atom is 0.171 e. The van der Waals surface area contributed by atoms with E-state index in [4.69, 9.17) is 4.74 Å². The first-order chi connectivity index (χ1) is 8.13. The van der Waals surface area contributed by atoms with Crippen LogP contribution in [0.4, 0.5) is 8.78 Å². The zero-order valence-corrected chi connectivity index (χ0v) is 9.58. The summed E-state index contributed by atoms with van der Waals surface area (Å²) in [6.45, 7) is 2.45. The van der Waals surface area contributed by atoms with Gasteiger partial charge in [0.05, 0.1) is 17.6 Å². The van der Waals surface area contributed by atoms with Crippen LogP contribution in [0.2, 0.25) is 0 Å². The van der Waals surface area contributed by atoms with Gasteiger partial charge in [-0.05, 0) is 25.0 Å². The van der Waals surface area contributed by atoms with Crippen molar-refractivity contribution in [2.75, 3.05) is 6.61 Å². The number of ketones is 1. The molecule has 1 saturated heterocycles. The number of ether oxygens (including phenoxy) is 1. The van der Waals surface area contributed by atoms with Crippen molar-refractivity contribution in [2.24, 2.45) is 5.92 Å². The Balaban J connectivity index is 2.24. The van der Waals surface area contributed by atoms with Gasteiger partial charge in [0, 0.05) is 12.7 Å². The van der Waals surface area contributed by atoms with E-state index in [1.807, 2.05) is 6.92 Å². The molecule has 0 radical (unpaired) electrons. The molecule has 0 aromatic heterocycles. The fourth-order valence-corrected chi connectivity index (χ4v) is 2.24. The molecule has 0 saturated carbocycles. The summed E-state index contributed by atoms with van der Waals surface area (Å²) in [6, 6.07) is 3.05. The fraction of sp³-hybridized carbons (Fsp3) is 0.462. The third-order valence-electron chi connectivity index (χ3n) is 3.15. The summed E-state index contributed by atoms with van der Waals surface area (Å²) in [5.41, 5.74) is -0.0413. The zero-order valence-electron chi connectivity index (χ0n) is 9.58. The SMILES string of the molecule is CCC1OCCC1C(=O)c1ccc(F)cc1F. The molecule has 2 unspecified atom stereocenters. The molecule has 92 valence electrons. The van der Waals surface area contributed by atoms with Crippen molar-refractivity contribution in [3.05, 3.63) is 35.4 Å². The number of benzene rings is 1. The molecule has 4 heteroatoms. The van der Waals surface area contributed by atoms with Crippen molar-refractivity contribution in [3.63, 3.8) is 0 Å². The van der Waals surface area contributed by atoms with Gasteiger partial charge in [0.25, 0.3) is 0 Å². The molecular weight excluding hydrogens is 226 g/mol. The average Bonchev–Trinajstić information content (AvgIpc) is 2.76. The molecule has 0 N–H and O–H groups in total. The topological polar surface area (TPSA) is 26.3 Å². The van der Waals surface area contributed by atoms with Crippen LogP contribution in [-0.2, 0) is 4.74 Å². The van der Waals surface area contributed by atoms with Crippen LogP contribution in [0.15, 0.2) is 18.2 Å². The number of Topliss-reactive ketones (excluding diaryl/α,β-unsaturated/α-hetero) is 1. The Kier molecular flexibility index (Phi) is 3.52. The molecule has 17 heavy (non-hydrogen) atoms. The van der Waals surface area contributed by atoms with Crippen LogP contribution in [-0.4, -0.2) is 18.5 Å². The number of carbonyl (C=O) groups excluding carboxylic acids is 1. The van der Waals surface area contributed by atoms with Crippen LogP contribution in [0, 0.1) is 17.6 Å². The number of hydrogen-bond acceptors (Lipinski definition) is 2. The van der Waals surface area contributed by atoms with E-state index >= 15 is 0 Å². The van der Waals surface area contributed by atoms with Crippen molar-refractivity contribution in [3.8, 4) is 0 Å². The predicted molar refractivity (Wildman–Crippen MR) is 58.8 cm³/mol. The van der Waals surface area contributed by atoms with E-state index in [1.54, 1.807) is 0 Å². The van der Waals surface area contributed by atoms with Crippen LogP contribution in [0.25, 0.3) is 0 Å². The normalized spacial score (nSPS) is 23.9. The monoisotopic (exact) mass is 240 g/mol. The van der Waals surface area contributed by atoms with Crippen molar-refractivity contribution in [1.29, 1.82) is 0 Å².